The SMILES string of the molecule is CC(C)C[C@@H](NCCc1ccc2c(c1)CN(C(=O)c1cc(C(C)C)c(O)cc1O)C2)C(=O)OC(C)(C)C. The number of nitrogens with zero attached hydrogens (tertiary/aromatic N) is 1. The van der Waals surface area contributed by atoms with Crippen LogP contribution in [-0.4, -0.2) is 45.2 Å². The van der Waals surface area contributed by atoms with Crippen molar-refractivity contribution in [2.24, 2.45) is 5.92 Å². The number of ether oxygens (including phenoxy) is 1. The summed E-state index contributed by atoms with van der Waals surface area (Å²) in [6.45, 7) is 15.2. The number of rotatable bonds is 9. The van der Waals surface area contributed by atoms with E-state index in [1.54, 1.807) is 11.0 Å². The van der Waals surface area contributed by atoms with Crippen LogP contribution in [0.4, 0.5) is 0 Å². The van der Waals surface area contributed by atoms with Gasteiger partial charge in [0.25, 0.3) is 5.91 Å². The molecule has 0 unspecified atom stereocenters. The van der Waals surface area contributed by atoms with Gasteiger partial charge in [-0.3, -0.25) is 9.59 Å². The minimum absolute atomic E-state index is 0.00527. The third kappa shape index (κ3) is 7.48. The highest BCUT2D eigenvalue weighted by Crippen LogP contribution is 2.34. The average Bonchev–Trinajstić information content (AvgIpc) is 3.20. The third-order valence-corrected chi connectivity index (χ3v) is 6.48. The summed E-state index contributed by atoms with van der Waals surface area (Å²) >= 11 is 0. The average molecular weight is 511 g/mol. The van der Waals surface area contributed by atoms with Gasteiger partial charge in [0.1, 0.15) is 23.1 Å². The summed E-state index contributed by atoms with van der Waals surface area (Å²) in [5.74, 6) is -0.312. The minimum atomic E-state index is -0.523. The van der Waals surface area contributed by atoms with Crippen LogP contribution in [0.5, 0.6) is 11.5 Å². The second kappa shape index (κ2) is 11.5. The highest BCUT2D eigenvalue weighted by atomic mass is 16.6. The highest BCUT2D eigenvalue weighted by Gasteiger charge is 2.28. The molecule has 0 saturated carbocycles. The van der Waals surface area contributed by atoms with Crippen LogP contribution in [0, 0.1) is 5.92 Å². The van der Waals surface area contributed by atoms with Gasteiger partial charge in [-0.25, -0.2) is 0 Å². The van der Waals surface area contributed by atoms with Crippen molar-refractivity contribution in [2.45, 2.75) is 92.0 Å². The number of carbonyl (C=O) groups excluding carboxylic acids is 2. The summed E-state index contributed by atoms with van der Waals surface area (Å²) in [5, 5.41) is 23.8. The van der Waals surface area contributed by atoms with Crippen molar-refractivity contribution in [1.82, 2.24) is 10.2 Å². The number of fused-ring (bicyclic) bond motifs is 1. The summed E-state index contributed by atoms with van der Waals surface area (Å²) in [6, 6.07) is 8.72. The van der Waals surface area contributed by atoms with Gasteiger partial charge in [-0.1, -0.05) is 45.9 Å². The minimum Gasteiger partial charge on any atom is -0.508 e. The Bertz CT molecular complexity index is 1130. The lowest BCUT2D eigenvalue weighted by Crippen LogP contribution is -2.42. The fraction of sp³-hybridized carbons (Fsp3) is 0.533. The first-order chi connectivity index (χ1) is 17.2. The van der Waals surface area contributed by atoms with Crippen molar-refractivity contribution in [3.63, 3.8) is 0 Å². The van der Waals surface area contributed by atoms with E-state index >= 15 is 0 Å². The summed E-state index contributed by atoms with van der Waals surface area (Å²) in [5.41, 5.74) is 3.61. The molecule has 1 atom stereocenters. The zero-order valence-corrected chi connectivity index (χ0v) is 23.2. The van der Waals surface area contributed by atoms with E-state index in [-0.39, 0.29) is 40.9 Å². The number of benzene rings is 2. The Balaban J connectivity index is 1.64. The first kappa shape index (κ1) is 28.5. The Morgan fingerprint density at radius 2 is 1.68 bits per heavy atom. The Kier molecular flexibility index (Phi) is 8.90. The summed E-state index contributed by atoms with van der Waals surface area (Å²) < 4.78 is 5.60. The summed E-state index contributed by atoms with van der Waals surface area (Å²) in [7, 11) is 0. The molecular weight excluding hydrogens is 468 g/mol. The summed E-state index contributed by atoms with van der Waals surface area (Å²) in [6.07, 6.45) is 1.45. The smallest absolute Gasteiger partial charge is 0.323 e. The number of hydrogen-bond acceptors (Lipinski definition) is 6. The third-order valence-electron chi connectivity index (χ3n) is 6.48. The highest BCUT2D eigenvalue weighted by molar-refractivity contribution is 5.97. The predicted octanol–water partition coefficient (Wildman–Crippen LogP) is 5.27. The molecule has 0 aromatic heterocycles. The molecule has 0 bridgehead atoms. The maximum Gasteiger partial charge on any atom is 0.323 e. The van der Waals surface area contributed by atoms with Gasteiger partial charge in [0.2, 0.25) is 0 Å². The maximum atomic E-state index is 13.2. The monoisotopic (exact) mass is 510 g/mol. The maximum absolute atomic E-state index is 13.2. The van der Waals surface area contributed by atoms with E-state index < -0.39 is 5.60 Å². The normalized spacial score (nSPS) is 14.2. The number of amides is 1. The van der Waals surface area contributed by atoms with E-state index in [2.05, 4.69) is 31.3 Å². The molecule has 0 saturated heterocycles. The van der Waals surface area contributed by atoms with Gasteiger partial charge in [-0.2, -0.15) is 0 Å². The van der Waals surface area contributed by atoms with Crippen LogP contribution >= 0.6 is 0 Å². The van der Waals surface area contributed by atoms with Crippen LogP contribution < -0.4 is 5.32 Å². The first-order valence-corrected chi connectivity index (χ1v) is 13.2. The molecule has 0 spiro atoms. The first-order valence-electron chi connectivity index (χ1n) is 13.2. The Labute approximate surface area is 220 Å². The fourth-order valence-corrected chi connectivity index (χ4v) is 4.64. The Morgan fingerprint density at radius 1 is 1.00 bits per heavy atom. The topological polar surface area (TPSA) is 99.1 Å². The van der Waals surface area contributed by atoms with Crippen molar-refractivity contribution < 1.29 is 24.5 Å². The zero-order valence-electron chi connectivity index (χ0n) is 23.2. The number of carbonyl (C=O) groups is 2. The molecule has 1 aliphatic rings. The second-order valence-electron chi connectivity index (χ2n) is 11.8. The van der Waals surface area contributed by atoms with Gasteiger partial charge in [0.05, 0.1) is 5.56 Å². The molecule has 3 rings (SSSR count). The lowest BCUT2D eigenvalue weighted by atomic mass is 9.98. The van der Waals surface area contributed by atoms with E-state index in [1.807, 2.05) is 40.7 Å². The molecular formula is C30H42N2O5. The van der Waals surface area contributed by atoms with Crippen molar-refractivity contribution >= 4 is 11.9 Å². The van der Waals surface area contributed by atoms with Gasteiger partial charge < -0.3 is 25.2 Å². The second-order valence-corrected chi connectivity index (χ2v) is 11.8. The van der Waals surface area contributed by atoms with Gasteiger partial charge in [0, 0.05) is 19.2 Å². The molecule has 0 fully saturated rings. The molecule has 1 amide bonds. The standard InChI is InChI=1S/C30H42N2O5/c1-18(2)12-25(29(36)37-30(5,6)7)31-11-10-20-8-9-21-16-32(17-22(21)13-20)28(35)24-14-23(19(3)4)26(33)15-27(24)34/h8-9,13-15,18-19,25,31,33-34H,10-12,16-17H2,1-7H3/t25-/m1/s1. The van der Waals surface area contributed by atoms with Crippen LogP contribution in [0.1, 0.15) is 93.4 Å². The predicted molar refractivity (Wildman–Crippen MR) is 145 cm³/mol. The van der Waals surface area contributed by atoms with Crippen molar-refractivity contribution in [1.29, 1.82) is 0 Å². The van der Waals surface area contributed by atoms with Crippen LogP contribution in [0.2, 0.25) is 0 Å². The van der Waals surface area contributed by atoms with Crippen LogP contribution in [-0.2, 0) is 29.0 Å². The molecule has 202 valence electrons. The van der Waals surface area contributed by atoms with E-state index in [0.29, 0.717) is 37.5 Å². The largest absolute Gasteiger partial charge is 0.508 e. The molecule has 37 heavy (non-hydrogen) atoms. The van der Waals surface area contributed by atoms with Gasteiger partial charge in [0.15, 0.2) is 0 Å². The lowest BCUT2D eigenvalue weighted by Gasteiger charge is -2.25. The number of phenolic OH excluding ortho intramolecular Hbond substituents is 2. The summed E-state index contributed by atoms with van der Waals surface area (Å²) in [4.78, 5) is 27.6. The zero-order chi connectivity index (χ0) is 27.5. The van der Waals surface area contributed by atoms with E-state index in [0.717, 1.165) is 23.1 Å². The number of nitrogens with one attached hydrogen (secondary N) is 1. The van der Waals surface area contributed by atoms with Gasteiger partial charge >= 0.3 is 5.97 Å². The molecule has 0 radical (unpaired) electrons. The molecule has 2 aromatic rings. The molecule has 1 heterocycles. The van der Waals surface area contributed by atoms with Crippen LogP contribution in [0.15, 0.2) is 30.3 Å². The molecule has 7 nitrogen and oxygen atoms in total. The van der Waals surface area contributed by atoms with Gasteiger partial charge in [-0.15, -0.1) is 0 Å². The van der Waals surface area contributed by atoms with E-state index in [1.165, 1.54) is 6.07 Å². The van der Waals surface area contributed by atoms with Crippen molar-refractivity contribution in [3.8, 4) is 11.5 Å². The van der Waals surface area contributed by atoms with Gasteiger partial charge in [-0.05, 0) is 80.3 Å². The van der Waals surface area contributed by atoms with Crippen molar-refractivity contribution in [2.75, 3.05) is 6.54 Å². The molecule has 7 heteroatoms. The fourth-order valence-electron chi connectivity index (χ4n) is 4.64. The molecule has 0 aliphatic carbocycles. The Hall–Kier alpha value is -3.06. The molecule has 2 aromatic carbocycles. The number of aromatic hydroxyl groups is 2. The number of esters is 1. The van der Waals surface area contributed by atoms with Crippen LogP contribution in [0.25, 0.3) is 0 Å². The quantitative estimate of drug-likeness (QED) is 0.398. The van der Waals surface area contributed by atoms with E-state index in [4.69, 9.17) is 4.74 Å². The van der Waals surface area contributed by atoms with Crippen molar-refractivity contribution in [3.05, 3.63) is 58.1 Å². The van der Waals surface area contributed by atoms with E-state index in [9.17, 15) is 19.8 Å². The van der Waals surface area contributed by atoms with Crippen LogP contribution in [0.3, 0.4) is 0 Å². The molecule has 3 N–H and O–H groups in total. The molecule has 1 aliphatic heterocycles. The number of phenols is 2. The lowest BCUT2D eigenvalue weighted by molar-refractivity contribution is -0.158. The number of hydrogen-bond donors (Lipinski definition) is 3. The Morgan fingerprint density at radius 3 is 2.30 bits per heavy atom.